The molecule has 0 aromatic heterocycles. The van der Waals surface area contributed by atoms with Crippen molar-refractivity contribution < 1.29 is 14.6 Å². The average molecular weight is 263 g/mol. The number of benzene rings is 1. The lowest BCUT2D eigenvalue weighted by Crippen LogP contribution is -2.38. The Balaban J connectivity index is 2.20. The standard InChI is InChI=1S/C15H21NO3/c1-10(15(17)18)8-16(3)14-11(2)9-19-13-7-5-4-6-12(13)14/h4-7,10-11,14H,8-9H2,1-3H3,(H,17,18). The van der Waals surface area contributed by atoms with Crippen LogP contribution in [0.2, 0.25) is 0 Å². The first kappa shape index (κ1) is 13.9. The van der Waals surface area contributed by atoms with Crippen LogP contribution in [0.5, 0.6) is 5.75 Å². The maximum atomic E-state index is 11.0. The Kier molecular flexibility index (Phi) is 4.10. The highest BCUT2D eigenvalue weighted by Crippen LogP contribution is 2.38. The Labute approximate surface area is 114 Å². The van der Waals surface area contributed by atoms with E-state index in [0.717, 1.165) is 11.3 Å². The van der Waals surface area contributed by atoms with E-state index >= 15 is 0 Å². The molecule has 0 fully saturated rings. The van der Waals surface area contributed by atoms with Gasteiger partial charge in [0.2, 0.25) is 0 Å². The number of ether oxygens (including phenoxy) is 1. The maximum Gasteiger partial charge on any atom is 0.307 e. The summed E-state index contributed by atoms with van der Waals surface area (Å²) in [6.45, 7) is 5.10. The molecule has 0 saturated carbocycles. The monoisotopic (exact) mass is 263 g/mol. The van der Waals surface area contributed by atoms with Crippen molar-refractivity contribution in [3.63, 3.8) is 0 Å². The molecule has 1 aliphatic heterocycles. The van der Waals surface area contributed by atoms with E-state index < -0.39 is 5.97 Å². The van der Waals surface area contributed by atoms with E-state index in [1.165, 1.54) is 0 Å². The molecule has 1 N–H and O–H groups in total. The average Bonchev–Trinajstić information content (AvgIpc) is 2.38. The van der Waals surface area contributed by atoms with Crippen molar-refractivity contribution in [2.75, 3.05) is 20.2 Å². The Morgan fingerprint density at radius 3 is 2.89 bits per heavy atom. The van der Waals surface area contributed by atoms with Gasteiger partial charge < -0.3 is 9.84 Å². The lowest BCUT2D eigenvalue weighted by molar-refractivity contribution is -0.142. The molecule has 1 heterocycles. The van der Waals surface area contributed by atoms with E-state index in [1.54, 1.807) is 6.92 Å². The van der Waals surface area contributed by atoms with E-state index in [-0.39, 0.29) is 12.0 Å². The van der Waals surface area contributed by atoms with Crippen molar-refractivity contribution in [2.24, 2.45) is 11.8 Å². The second kappa shape index (κ2) is 5.61. The number of nitrogens with zero attached hydrogens (tertiary/aromatic N) is 1. The minimum absolute atomic E-state index is 0.215. The van der Waals surface area contributed by atoms with Gasteiger partial charge in [0.1, 0.15) is 5.75 Å². The molecule has 1 aromatic rings. The Morgan fingerprint density at radius 2 is 2.21 bits per heavy atom. The number of aliphatic carboxylic acids is 1. The third kappa shape index (κ3) is 2.89. The minimum atomic E-state index is -0.750. The summed E-state index contributed by atoms with van der Waals surface area (Å²) < 4.78 is 5.73. The lowest BCUT2D eigenvalue weighted by Gasteiger charge is -2.38. The molecular weight excluding hydrogens is 242 g/mol. The molecule has 0 aliphatic carbocycles. The molecule has 1 aliphatic rings. The minimum Gasteiger partial charge on any atom is -0.493 e. The molecule has 3 atom stereocenters. The Hall–Kier alpha value is -1.55. The summed E-state index contributed by atoms with van der Waals surface area (Å²) in [6.07, 6.45) is 0. The molecule has 19 heavy (non-hydrogen) atoms. The second-order valence-electron chi connectivity index (χ2n) is 5.45. The van der Waals surface area contributed by atoms with Crippen LogP contribution in [0.25, 0.3) is 0 Å². The SMILES string of the molecule is CC(CN(C)C1c2ccccc2OCC1C)C(=O)O. The van der Waals surface area contributed by atoms with Crippen molar-refractivity contribution in [3.05, 3.63) is 29.8 Å². The number of hydrogen-bond acceptors (Lipinski definition) is 3. The van der Waals surface area contributed by atoms with Crippen LogP contribution < -0.4 is 4.74 Å². The highest BCUT2D eigenvalue weighted by Gasteiger charge is 2.31. The van der Waals surface area contributed by atoms with Gasteiger partial charge in [0.15, 0.2) is 0 Å². The van der Waals surface area contributed by atoms with Gasteiger partial charge >= 0.3 is 5.97 Å². The first-order valence-corrected chi connectivity index (χ1v) is 6.65. The van der Waals surface area contributed by atoms with E-state index in [1.807, 2.05) is 25.2 Å². The molecule has 104 valence electrons. The fourth-order valence-corrected chi connectivity index (χ4v) is 2.77. The lowest BCUT2D eigenvalue weighted by atomic mass is 9.90. The number of carboxylic acid groups (broad SMARTS) is 1. The topological polar surface area (TPSA) is 49.8 Å². The normalized spacial score (nSPS) is 23.6. The molecule has 3 unspecified atom stereocenters. The number of fused-ring (bicyclic) bond motifs is 1. The predicted molar refractivity (Wildman–Crippen MR) is 73.3 cm³/mol. The van der Waals surface area contributed by atoms with E-state index in [9.17, 15) is 4.79 Å². The molecule has 4 heteroatoms. The van der Waals surface area contributed by atoms with E-state index in [2.05, 4.69) is 17.9 Å². The molecule has 0 amide bonds. The van der Waals surface area contributed by atoms with Gasteiger partial charge in [-0.25, -0.2) is 0 Å². The van der Waals surface area contributed by atoms with Crippen molar-refractivity contribution >= 4 is 5.97 Å². The first-order chi connectivity index (χ1) is 9.00. The van der Waals surface area contributed by atoms with E-state index in [0.29, 0.717) is 19.1 Å². The van der Waals surface area contributed by atoms with Gasteiger partial charge in [-0.2, -0.15) is 0 Å². The van der Waals surface area contributed by atoms with Gasteiger partial charge in [-0.15, -0.1) is 0 Å². The summed E-state index contributed by atoms with van der Waals surface area (Å²) in [4.78, 5) is 13.1. The smallest absolute Gasteiger partial charge is 0.307 e. The highest BCUT2D eigenvalue weighted by atomic mass is 16.5. The van der Waals surface area contributed by atoms with Gasteiger partial charge in [-0.1, -0.05) is 32.0 Å². The van der Waals surface area contributed by atoms with Crippen molar-refractivity contribution in [1.29, 1.82) is 0 Å². The first-order valence-electron chi connectivity index (χ1n) is 6.65. The van der Waals surface area contributed by atoms with Crippen LogP contribution in [0.15, 0.2) is 24.3 Å². The molecule has 2 rings (SSSR count). The van der Waals surface area contributed by atoms with Crippen LogP contribution in [0.1, 0.15) is 25.5 Å². The highest BCUT2D eigenvalue weighted by molar-refractivity contribution is 5.69. The fourth-order valence-electron chi connectivity index (χ4n) is 2.77. The van der Waals surface area contributed by atoms with Gasteiger partial charge in [-0.05, 0) is 13.1 Å². The molecule has 1 aromatic carbocycles. The molecule has 0 spiro atoms. The van der Waals surface area contributed by atoms with Gasteiger partial charge in [0.05, 0.1) is 12.5 Å². The summed E-state index contributed by atoms with van der Waals surface area (Å²) in [6, 6.07) is 8.22. The number of hydrogen-bond donors (Lipinski definition) is 1. The van der Waals surface area contributed by atoms with Gasteiger partial charge in [0.25, 0.3) is 0 Å². The number of para-hydroxylation sites is 1. The number of rotatable bonds is 4. The second-order valence-corrected chi connectivity index (χ2v) is 5.45. The predicted octanol–water partition coefficient (Wildman–Crippen LogP) is 2.41. The van der Waals surface area contributed by atoms with Gasteiger partial charge in [0, 0.05) is 24.1 Å². The fraction of sp³-hybridized carbons (Fsp3) is 0.533. The Bertz CT molecular complexity index is 460. The number of carboxylic acids is 1. The number of carbonyl (C=O) groups is 1. The molecule has 4 nitrogen and oxygen atoms in total. The maximum absolute atomic E-state index is 11.0. The van der Waals surface area contributed by atoms with Crippen LogP contribution in [0.3, 0.4) is 0 Å². The van der Waals surface area contributed by atoms with Crippen molar-refractivity contribution in [1.82, 2.24) is 4.90 Å². The third-order valence-electron chi connectivity index (χ3n) is 3.74. The zero-order valence-corrected chi connectivity index (χ0v) is 11.7. The molecule has 0 saturated heterocycles. The van der Waals surface area contributed by atoms with Gasteiger partial charge in [-0.3, -0.25) is 9.69 Å². The van der Waals surface area contributed by atoms with Crippen LogP contribution >= 0.6 is 0 Å². The zero-order chi connectivity index (χ0) is 14.0. The summed E-state index contributed by atoms with van der Waals surface area (Å²) in [5.41, 5.74) is 1.15. The van der Waals surface area contributed by atoms with Crippen LogP contribution in [-0.4, -0.2) is 36.2 Å². The molecular formula is C15H21NO3. The van der Waals surface area contributed by atoms with Crippen LogP contribution in [0.4, 0.5) is 0 Å². The Morgan fingerprint density at radius 1 is 1.53 bits per heavy atom. The van der Waals surface area contributed by atoms with Crippen LogP contribution in [-0.2, 0) is 4.79 Å². The summed E-state index contributed by atoms with van der Waals surface area (Å²) in [5.74, 6) is 0.147. The molecule has 0 bridgehead atoms. The van der Waals surface area contributed by atoms with E-state index in [4.69, 9.17) is 9.84 Å². The third-order valence-corrected chi connectivity index (χ3v) is 3.74. The van der Waals surface area contributed by atoms with Crippen molar-refractivity contribution in [3.8, 4) is 5.75 Å². The molecule has 0 radical (unpaired) electrons. The zero-order valence-electron chi connectivity index (χ0n) is 11.7. The summed E-state index contributed by atoms with van der Waals surface area (Å²) >= 11 is 0. The summed E-state index contributed by atoms with van der Waals surface area (Å²) in [5, 5.41) is 9.04. The summed E-state index contributed by atoms with van der Waals surface area (Å²) in [7, 11) is 1.99. The van der Waals surface area contributed by atoms with Crippen molar-refractivity contribution in [2.45, 2.75) is 19.9 Å². The largest absolute Gasteiger partial charge is 0.493 e. The van der Waals surface area contributed by atoms with Crippen LogP contribution in [0, 0.1) is 11.8 Å². The quantitative estimate of drug-likeness (QED) is 0.906.